The number of carbonyl (C=O) groups is 2. The number of benzene rings is 2. The van der Waals surface area contributed by atoms with Gasteiger partial charge in [-0.15, -0.1) is 0 Å². The number of rotatable bonds is 7. The highest BCUT2D eigenvalue weighted by Crippen LogP contribution is 2.19. The van der Waals surface area contributed by atoms with Gasteiger partial charge in [0.15, 0.2) is 11.7 Å². The summed E-state index contributed by atoms with van der Waals surface area (Å²) >= 11 is 4.99. The second-order valence-electron chi connectivity index (χ2n) is 6.16. The molecule has 2 aromatic rings. The fraction of sp³-hybridized carbons (Fsp3) is 0.211. The molecule has 0 heterocycles. The van der Waals surface area contributed by atoms with Crippen LogP contribution in [0.1, 0.15) is 24.2 Å². The largest absolute Gasteiger partial charge is 0.490 e. The third-order valence-corrected chi connectivity index (χ3v) is 3.66. The van der Waals surface area contributed by atoms with Crippen molar-refractivity contribution < 1.29 is 24.0 Å². The minimum atomic E-state index is -0.575. The van der Waals surface area contributed by atoms with Gasteiger partial charge in [-0.25, -0.2) is 0 Å². The quantitative estimate of drug-likeness (QED) is 0.344. The predicted molar refractivity (Wildman–Crippen MR) is 112 cm³/mol. The molecule has 3 N–H and O–H groups in total. The highest BCUT2D eigenvalue weighted by Gasteiger charge is 2.15. The molecule has 0 saturated heterocycles. The molecular weight excluding hydrogens is 412 g/mol. The summed E-state index contributed by atoms with van der Waals surface area (Å²) in [6, 6.07) is 12.0. The molecule has 11 heteroatoms. The lowest BCUT2D eigenvalue weighted by atomic mass is 10.2. The van der Waals surface area contributed by atoms with Crippen molar-refractivity contribution in [2.45, 2.75) is 20.0 Å². The van der Waals surface area contributed by atoms with Gasteiger partial charge < -0.3 is 9.47 Å². The number of hydrogen-bond donors (Lipinski definition) is 3. The van der Waals surface area contributed by atoms with Gasteiger partial charge in [-0.1, -0.05) is 12.1 Å². The number of para-hydroxylation sites is 1. The Morgan fingerprint density at radius 1 is 1.10 bits per heavy atom. The molecule has 2 aromatic carbocycles. The van der Waals surface area contributed by atoms with Crippen LogP contribution in [0.2, 0.25) is 0 Å². The molecule has 0 aliphatic rings. The first-order valence-corrected chi connectivity index (χ1v) is 9.20. The van der Waals surface area contributed by atoms with Crippen LogP contribution in [-0.4, -0.2) is 34.6 Å². The first-order valence-electron chi connectivity index (χ1n) is 8.79. The average molecular weight is 432 g/mol. The zero-order valence-electron chi connectivity index (χ0n) is 16.2. The van der Waals surface area contributed by atoms with Crippen molar-refractivity contribution in [1.82, 2.24) is 16.2 Å². The van der Waals surface area contributed by atoms with Crippen molar-refractivity contribution in [1.29, 1.82) is 0 Å². The van der Waals surface area contributed by atoms with Crippen molar-refractivity contribution in [2.75, 3.05) is 6.61 Å². The Morgan fingerprint density at radius 3 is 2.40 bits per heavy atom. The summed E-state index contributed by atoms with van der Waals surface area (Å²) in [5, 5.41) is 12.9. The number of non-ortho nitro benzene ring substituents is 1. The van der Waals surface area contributed by atoms with E-state index in [0.717, 1.165) is 0 Å². The zero-order chi connectivity index (χ0) is 22.1. The van der Waals surface area contributed by atoms with E-state index in [-0.39, 0.29) is 29.3 Å². The molecule has 0 fully saturated rings. The fourth-order valence-electron chi connectivity index (χ4n) is 2.19. The number of hydrogen-bond acceptors (Lipinski definition) is 7. The van der Waals surface area contributed by atoms with Crippen LogP contribution in [0.5, 0.6) is 11.5 Å². The Labute approximate surface area is 177 Å². The minimum Gasteiger partial charge on any atom is -0.490 e. The number of nitrogens with zero attached hydrogens (tertiary/aromatic N) is 1. The molecule has 10 nitrogen and oxygen atoms in total. The minimum absolute atomic E-state index is 0.0880. The number of amides is 2. The average Bonchev–Trinajstić information content (AvgIpc) is 2.71. The highest BCUT2D eigenvalue weighted by atomic mass is 32.1. The number of nitro groups is 1. The summed E-state index contributed by atoms with van der Waals surface area (Å²) in [5.41, 5.74) is 4.88. The summed E-state index contributed by atoms with van der Waals surface area (Å²) in [5.74, 6) is -0.379. The number of carbonyl (C=O) groups excluding carboxylic acids is 2. The summed E-state index contributed by atoms with van der Waals surface area (Å²) in [6.07, 6.45) is -0.112. The summed E-state index contributed by atoms with van der Waals surface area (Å²) in [7, 11) is 0. The van der Waals surface area contributed by atoms with E-state index in [1.54, 1.807) is 24.3 Å². The molecule has 0 aliphatic carbocycles. The molecule has 158 valence electrons. The molecule has 0 atom stereocenters. The molecular formula is C19H20N4O6S. The predicted octanol–water partition coefficient (Wildman–Crippen LogP) is 2.10. The van der Waals surface area contributed by atoms with Gasteiger partial charge in [0.25, 0.3) is 17.5 Å². The monoisotopic (exact) mass is 432 g/mol. The molecule has 0 radical (unpaired) electrons. The number of nitrogens with one attached hydrogen (secondary N) is 3. The maximum atomic E-state index is 12.4. The van der Waals surface area contributed by atoms with E-state index in [1.807, 2.05) is 13.8 Å². The van der Waals surface area contributed by atoms with Crippen LogP contribution in [0, 0.1) is 10.1 Å². The van der Waals surface area contributed by atoms with Crippen LogP contribution in [0.4, 0.5) is 5.69 Å². The van der Waals surface area contributed by atoms with E-state index in [4.69, 9.17) is 21.7 Å². The Morgan fingerprint density at radius 2 is 1.77 bits per heavy atom. The maximum Gasteiger partial charge on any atom is 0.276 e. The van der Waals surface area contributed by atoms with Gasteiger partial charge in [0, 0.05) is 12.1 Å². The Balaban J connectivity index is 1.79. The molecule has 0 spiro atoms. The van der Waals surface area contributed by atoms with Crippen LogP contribution >= 0.6 is 12.2 Å². The van der Waals surface area contributed by atoms with E-state index in [2.05, 4.69) is 16.2 Å². The third-order valence-electron chi connectivity index (χ3n) is 3.45. The van der Waals surface area contributed by atoms with E-state index < -0.39 is 16.7 Å². The topological polar surface area (TPSA) is 132 Å². The molecule has 0 aliphatic heterocycles. The second kappa shape index (κ2) is 10.7. The van der Waals surface area contributed by atoms with Gasteiger partial charge in [0.1, 0.15) is 11.5 Å². The van der Waals surface area contributed by atoms with Crippen LogP contribution in [0.15, 0.2) is 48.5 Å². The molecule has 2 rings (SSSR count). The van der Waals surface area contributed by atoms with Crippen molar-refractivity contribution in [3.05, 3.63) is 64.2 Å². The zero-order valence-corrected chi connectivity index (χ0v) is 17.0. The van der Waals surface area contributed by atoms with Crippen LogP contribution in [0.3, 0.4) is 0 Å². The van der Waals surface area contributed by atoms with Gasteiger partial charge in [-0.2, -0.15) is 0 Å². The van der Waals surface area contributed by atoms with E-state index in [9.17, 15) is 19.7 Å². The molecule has 0 saturated carbocycles. The SMILES string of the molecule is CC(C)Oc1ccccc1C(=O)NC(=S)NNC(=O)COc1ccc([N+](=O)[O-])cc1. The number of nitro benzene ring substituents is 1. The Kier molecular flexibility index (Phi) is 8.06. The third kappa shape index (κ3) is 7.02. The molecule has 0 aromatic heterocycles. The van der Waals surface area contributed by atoms with Crippen molar-refractivity contribution in [3.8, 4) is 11.5 Å². The first-order chi connectivity index (χ1) is 14.3. The summed E-state index contributed by atoms with van der Waals surface area (Å²) in [6.45, 7) is 3.32. The van der Waals surface area contributed by atoms with Crippen LogP contribution in [0.25, 0.3) is 0 Å². The van der Waals surface area contributed by atoms with Gasteiger partial charge in [-0.3, -0.25) is 35.9 Å². The van der Waals surface area contributed by atoms with Gasteiger partial charge in [0.2, 0.25) is 0 Å². The van der Waals surface area contributed by atoms with Crippen molar-refractivity contribution in [3.63, 3.8) is 0 Å². The second-order valence-corrected chi connectivity index (χ2v) is 6.57. The van der Waals surface area contributed by atoms with E-state index in [1.165, 1.54) is 24.3 Å². The summed E-state index contributed by atoms with van der Waals surface area (Å²) in [4.78, 5) is 34.3. The summed E-state index contributed by atoms with van der Waals surface area (Å²) < 4.78 is 10.8. The van der Waals surface area contributed by atoms with Gasteiger partial charge >= 0.3 is 0 Å². The standard InChI is InChI=1S/C19H20N4O6S/c1-12(2)29-16-6-4-3-5-15(16)18(25)20-19(30)22-21-17(24)11-28-14-9-7-13(8-10-14)23(26)27/h3-10,12H,11H2,1-2H3,(H,21,24)(H2,20,22,25,30). The lowest BCUT2D eigenvalue weighted by Crippen LogP contribution is -2.49. The maximum absolute atomic E-state index is 12.4. The van der Waals surface area contributed by atoms with Crippen molar-refractivity contribution >= 4 is 34.8 Å². The Hall–Kier alpha value is -3.73. The normalized spacial score (nSPS) is 10.1. The number of thiocarbonyl (C=S) groups is 1. The molecule has 30 heavy (non-hydrogen) atoms. The molecule has 2 amide bonds. The van der Waals surface area contributed by atoms with Crippen molar-refractivity contribution in [2.24, 2.45) is 0 Å². The number of hydrazine groups is 1. The van der Waals surface area contributed by atoms with Gasteiger partial charge in [0.05, 0.1) is 16.6 Å². The fourth-order valence-corrected chi connectivity index (χ4v) is 2.33. The Bertz CT molecular complexity index is 933. The molecule has 0 unspecified atom stereocenters. The highest BCUT2D eigenvalue weighted by molar-refractivity contribution is 7.80. The lowest BCUT2D eigenvalue weighted by Gasteiger charge is -2.15. The number of ether oxygens (including phenoxy) is 2. The lowest BCUT2D eigenvalue weighted by molar-refractivity contribution is -0.384. The van der Waals surface area contributed by atoms with E-state index in [0.29, 0.717) is 11.3 Å². The van der Waals surface area contributed by atoms with E-state index >= 15 is 0 Å². The van der Waals surface area contributed by atoms with Gasteiger partial charge in [-0.05, 0) is 50.3 Å². The van der Waals surface area contributed by atoms with Crippen LogP contribution in [-0.2, 0) is 4.79 Å². The molecule has 0 bridgehead atoms. The smallest absolute Gasteiger partial charge is 0.276 e. The van der Waals surface area contributed by atoms with Crippen LogP contribution < -0.4 is 25.6 Å². The first kappa shape index (κ1) is 22.6.